The minimum Gasteiger partial charge on any atom is -0.467 e. The van der Waals surface area contributed by atoms with Crippen LogP contribution in [0.1, 0.15) is 12.5 Å². The Morgan fingerprint density at radius 3 is 2.41 bits per heavy atom. The number of benzene rings is 1. The molecule has 0 spiro atoms. The first-order chi connectivity index (χ1) is 10.5. The van der Waals surface area contributed by atoms with Crippen molar-refractivity contribution >= 4 is 17.6 Å². The molecule has 4 N–H and O–H groups in total. The van der Waals surface area contributed by atoms with Gasteiger partial charge in [0.05, 0.1) is 19.8 Å². The fourth-order valence-corrected chi connectivity index (χ4v) is 1.88. The summed E-state index contributed by atoms with van der Waals surface area (Å²) in [6, 6.07) is 6.48. The molecule has 0 saturated heterocycles. The number of esters is 1. The van der Waals surface area contributed by atoms with Gasteiger partial charge in [0.2, 0.25) is 5.91 Å². The van der Waals surface area contributed by atoms with Gasteiger partial charge in [-0.1, -0.05) is 12.1 Å². The Labute approximate surface area is 129 Å². The van der Waals surface area contributed by atoms with Crippen LogP contribution in [-0.2, 0) is 20.7 Å². The number of amides is 1. The van der Waals surface area contributed by atoms with Gasteiger partial charge in [-0.3, -0.25) is 4.79 Å². The van der Waals surface area contributed by atoms with E-state index in [1.165, 1.54) is 14.0 Å². The number of carbonyl (C=O) groups excluding carboxylic acids is 2. The van der Waals surface area contributed by atoms with Gasteiger partial charge in [0.25, 0.3) is 0 Å². The van der Waals surface area contributed by atoms with Gasteiger partial charge < -0.3 is 25.6 Å². The molecule has 1 amide bonds. The van der Waals surface area contributed by atoms with Gasteiger partial charge in [-0.2, -0.15) is 0 Å². The van der Waals surface area contributed by atoms with E-state index in [1.54, 1.807) is 12.1 Å². The van der Waals surface area contributed by atoms with Gasteiger partial charge in [-0.15, -0.1) is 0 Å². The third-order valence-corrected chi connectivity index (χ3v) is 3.01. The fraction of sp³-hybridized carbons (Fsp3) is 0.467. The smallest absolute Gasteiger partial charge is 0.328 e. The number of rotatable bonds is 8. The topological polar surface area (TPSA) is 108 Å². The number of hydrogen-bond donors (Lipinski definition) is 4. The molecule has 1 aromatic rings. The van der Waals surface area contributed by atoms with Crippen molar-refractivity contribution in [2.75, 3.05) is 25.6 Å². The maximum absolute atomic E-state index is 11.6. The molecule has 22 heavy (non-hydrogen) atoms. The Balaban J connectivity index is 2.64. The lowest BCUT2D eigenvalue weighted by Gasteiger charge is -2.16. The molecule has 0 aliphatic carbocycles. The highest BCUT2D eigenvalue weighted by Crippen LogP contribution is 2.12. The molecule has 0 fully saturated rings. The Kier molecular flexibility index (Phi) is 7.34. The van der Waals surface area contributed by atoms with Gasteiger partial charge in [-0.25, -0.2) is 4.79 Å². The fourth-order valence-electron chi connectivity index (χ4n) is 1.88. The lowest BCUT2D eigenvalue weighted by Crippen LogP contribution is -2.41. The van der Waals surface area contributed by atoms with Gasteiger partial charge in [0.1, 0.15) is 6.04 Å². The molecule has 0 aliphatic rings. The number of nitrogens with one attached hydrogen (secondary N) is 2. The van der Waals surface area contributed by atoms with E-state index in [0.717, 1.165) is 11.3 Å². The molecule has 0 aliphatic heterocycles. The second-order valence-corrected chi connectivity index (χ2v) is 4.89. The van der Waals surface area contributed by atoms with Crippen LogP contribution in [0.4, 0.5) is 5.69 Å². The second-order valence-electron chi connectivity index (χ2n) is 4.89. The first kappa shape index (κ1) is 17.9. The van der Waals surface area contributed by atoms with Gasteiger partial charge in [0, 0.05) is 25.6 Å². The van der Waals surface area contributed by atoms with Crippen molar-refractivity contribution in [3.8, 4) is 0 Å². The molecule has 0 heterocycles. The van der Waals surface area contributed by atoms with Crippen LogP contribution >= 0.6 is 0 Å². The minimum atomic E-state index is -0.817. The third-order valence-electron chi connectivity index (χ3n) is 3.01. The molecule has 0 radical (unpaired) electrons. The first-order valence-corrected chi connectivity index (χ1v) is 6.93. The predicted octanol–water partition coefficient (Wildman–Crippen LogP) is -0.328. The number of anilines is 1. The van der Waals surface area contributed by atoms with Crippen molar-refractivity contribution in [1.82, 2.24) is 5.32 Å². The molecule has 2 atom stereocenters. The zero-order valence-electron chi connectivity index (χ0n) is 12.7. The lowest BCUT2D eigenvalue weighted by atomic mass is 10.1. The molecule has 0 aromatic heterocycles. The molecule has 1 rings (SSSR count). The summed E-state index contributed by atoms with van der Waals surface area (Å²) in [5.41, 5.74) is 1.64. The molecular weight excluding hydrogens is 288 g/mol. The monoisotopic (exact) mass is 310 g/mol. The predicted molar refractivity (Wildman–Crippen MR) is 81.3 cm³/mol. The number of methoxy groups -OCH3 is 1. The van der Waals surface area contributed by atoms with Crippen LogP contribution in [-0.4, -0.2) is 54.5 Å². The quantitative estimate of drug-likeness (QED) is 0.490. The molecule has 7 heteroatoms. The highest BCUT2D eigenvalue weighted by atomic mass is 16.5. The lowest BCUT2D eigenvalue weighted by molar-refractivity contribution is -0.144. The number of ether oxygens (including phenoxy) is 1. The number of carbonyl (C=O) groups is 2. The molecule has 2 unspecified atom stereocenters. The molecule has 7 nitrogen and oxygen atoms in total. The van der Waals surface area contributed by atoms with Crippen LogP contribution in [0.3, 0.4) is 0 Å². The van der Waals surface area contributed by atoms with E-state index in [1.807, 2.05) is 12.1 Å². The summed E-state index contributed by atoms with van der Waals surface area (Å²) in [6.07, 6.45) is -0.491. The summed E-state index contributed by atoms with van der Waals surface area (Å²) in [6.45, 7) is 1.28. The van der Waals surface area contributed by atoms with Crippen LogP contribution in [0.5, 0.6) is 0 Å². The SMILES string of the molecule is COC(=O)C(Cc1ccc(NCC(O)CO)cc1)NC(C)=O. The normalized spacial score (nSPS) is 13.1. The van der Waals surface area contributed by atoms with Gasteiger partial charge >= 0.3 is 5.97 Å². The highest BCUT2D eigenvalue weighted by Gasteiger charge is 2.20. The number of hydrogen-bond acceptors (Lipinski definition) is 6. The van der Waals surface area contributed by atoms with E-state index >= 15 is 0 Å². The summed E-state index contributed by atoms with van der Waals surface area (Å²) in [5.74, 6) is -0.796. The standard InChI is InChI=1S/C15H22N2O5/c1-10(19)17-14(15(21)22-2)7-11-3-5-12(6-4-11)16-8-13(20)9-18/h3-6,13-14,16,18,20H,7-9H2,1-2H3,(H,17,19). The summed E-state index contributed by atoms with van der Waals surface area (Å²) in [7, 11) is 1.27. The van der Waals surface area contributed by atoms with Crippen LogP contribution < -0.4 is 10.6 Å². The molecule has 0 bridgehead atoms. The molecule has 1 aromatic carbocycles. The Hall–Kier alpha value is -2.12. The average Bonchev–Trinajstić information content (AvgIpc) is 2.51. The van der Waals surface area contributed by atoms with E-state index in [0.29, 0.717) is 6.42 Å². The van der Waals surface area contributed by atoms with E-state index in [-0.39, 0.29) is 19.1 Å². The Morgan fingerprint density at radius 2 is 1.91 bits per heavy atom. The van der Waals surface area contributed by atoms with E-state index in [4.69, 9.17) is 5.11 Å². The maximum atomic E-state index is 11.6. The van der Waals surface area contributed by atoms with Gasteiger partial charge in [-0.05, 0) is 17.7 Å². The van der Waals surface area contributed by atoms with Crippen LogP contribution in [0, 0.1) is 0 Å². The highest BCUT2D eigenvalue weighted by molar-refractivity contribution is 5.83. The summed E-state index contributed by atoms with van der Waals surface area (Å²) < 4.78 is 4.67. The average molecular weight is 310 g/mol. The first-order valence-electron chi connectivity index (χ1n) is 6.93. The van der Waals surface area contributed by atoms with E-state index in [9.17, 15) is 14.7 Å². The second kappa shape index (κ2) is 9.01. The van der Waals surface area contributed by atoms with Crippen LogP contribution in [0.25, 0.3) is 0 Å². The molecule has 0 saturated carbocycles. The Morgan fingerprint density at radius 1 is 1.27 bits per heavy atom. The largest absolute Gasteiger partial charge is 0.467 e. The maximum Gasteiger partial charge on any atom is 0.328 e. The van der Waals surface area contributed by atoms with Crippen LogP contribution in [0.2, 0.25) is 0 Å². The van der Waals surface area contributed by atoms with Crippen molar-refractivity contribution in [2.45, 2.75) is 25.5 Å². The van der Waals surface area contributed by atoms with Crippen LogP contribution in [0.15, 0.2) is 24.3 Å². The number of aliphatic hydroxyl groups is 2. The van der Waals surface area contributed by atoms with Crippen molar-refractivity contribution in [3.63, 3.8) is 0 Å². The van der Waals surface area contributed by atoms with Gasteiger partial charge in [0.15, 0.2) is 0 Å². The third kappa shape index (κ3) is 6.11. The van der Waals surface area contributed by atoms with Crippen molar-refractivity contribution in [1.29, 1.82) is 0 Å². The van der Waals surface area contributed by atoms with Crippen molar-refractivity contribution in [3.05, 3.63) is 29.8 Å². The van der Waals surface area contributed by atoms with E-state index in [2.05, 4.69) is 15.4 Å². The molecule has 122 valence electrons. The zero-order chi connectivity index (χ0) is 16.5. The molecular formula is C15H22N2O5. The summed E-state index contributed by atoms with van der Waals surface area (Å²) in [5, 5.41) is 23.5. The zero-order valence-corrected chi connectivity index (χ0v) is 12.7. The number of aliphatic hydroxyl groups excluding tert-OH is 2. The summed E-state index contributed by atoms with van der Waals surface area (Å²) >= 11 is 0. The van der Waals surface area contributed by atoms with Crippen molar-refractivity contribution in [2.24, 2.45) is 0 Å². The van der Waals surface area contributed by atoms with Crippen molar-refractivity contribution < 1.29 is 24.5 Å². The summed E-state index contributed by atoms with van der Waals surface area (Å²) in [4.78, 5) is 22.8. The minimum absolute atomic E-state index is 0.243. The van der Waals surface area contributed by atoms with E-state index < -0.39 is 18.1 Å². The Bertz CT molecular complexity index is 489.